The first-order valence-corrected chi connectivity index (χ1v) is 9.69. The Morgan fingerprint density at radius 3 is 2.58 bits per heavy atom. The highest BCUT2D eigenvalue weighted by molar-refractivity contribution is 6.04. The Bertz CT molecular complexity index is 1080. The molecule has 0 saturated carbocycles. The number of aryl methyl sites for hydroxylation is 2. The van der Waals surface area contributed by atoms with Crippen LogP contribution in [0.15, 0.2) is 72.8 Å². The molecular weight excluding hydrogens is 312 g/mol. The van der Waals surface area contributed by atoms with Gasteiger partial charge in [-0.3, -0.25) is 0 Å². The van der Waals surface area contributed by atoms with Crippen LogP contribution >= 0.6 is 0 Å². The van der Waals surface area contributed by atoms with Crippen LogP contribution in [0.2, 0.25) is 0 Å². The second kappa shape index (κ2) is 5.71. The van der Waals surface area contributed by atoms with Crippen LogP contribution < -0.4 is 0 Å². The molecule has 1 atom stereocenters. The summed E-state index contributed by atoms with van der Waals surface area (Å²) in [7, 11) is 0. The van der Waals surface area contributed by atoms with E-state index < -0.39 is 0 Å². The predicted octanol–water partition coefficient (Wildman–Crippen LogP) is 7.02. The van der Waals surface area contributed by atoms with Gasteiger partial charge in [0, 0.05) is 5.41 Å². The van der Waals surface area contributed by atoms with E-state index in [-0.39, 0.29) is 5.41 Å². The van der Waals surface area contributed by atoms with E-state index in [4.69, 9.17) is 0 Å². The first kappa shape index (κ1) is 15.6. The molecule has 0 aromatic heterocycles. The van der Waals surface area contributed by atoms with Crippen LogP contribution in [0, 0.1) is 13.8 Å². The minimum absolute atomic E-state index is 0.0102. The van der Waals surface area contributed by atoms with E-state index >= 15 is 0 Å². The molecule has 0 N–H and O–H groups in total. The number of hydrogen-bond acceptors (Lipinski definition) is 0. The first-order chi connectivity index (χ1) is 12.7. The minimum atomic E-state index is 0.0102. The maximum atomic E-state index is 2.46. The van der Waals surface area contributed by atoms with Crippen molar-refractivity contribution in [2.24, 2.45) is 0 Å². The molecular formula is C26H24. The topological polar surface area (TPSA) is 0 Å². The molecule has 0 bridgehead atoms. The standard InChI is InChI=1S/C26H24/c1-18-12-13-22-23(16-18)26(14-8-4-3-5-9-15-26)24-17-19(2)20-10-6-7-11-21(20)25(22)24/h3-4,6-8,10-14,16-17H,5,9,15H2,1-2H3. The maximum absolute atomic E-state index is 2.46. The molecule has 0 radical (unpaired) electrons. The van der Waals surface area contributed by atoms with E-state index in [9.17, 15) is 0 Å². The monoisotopic (exact) mass is 336 g/mol. The van der Waals surface area contributed by atoms with Crippen molar-refractivity contribution in [3.8, 4) is 11.1 Å². The van der Waals surface area contributed by atoms with Crippen molar-refractivity contribution in [2.75, 3.05) is 0 Å². The molecule has 0 aliphatic heterocycles. The first-order valence-electron chi connectivity index (χ1n) is 9.69. The molecule has 26 heavy (non-hydrogen) atoms. The van der Waals surface area contributed by atoms with Gasteiger partial charge in [0.1, 0.15) is 0 Å². The fourth-order valence-corrected chi connectivity index (χ4v) is 5.01. The molecule has 0 amide bonds. The largest absolute Gasteiger partial charge is 0.0845 e. The Balaban J connectivity index is 1.94. The normalized spacial score (nSPS) is 20.8. The van der Waals surface area contributed by atoms with Crippen LogP contribution in [-0.4, -0.2) is 0 Å². The molecule has 3 aromatic carbocycles. The third-order valence-corrected chi connectivity index (χ3v) is 6.23. The van der Waals surface area contributed by atoms with E-state index in [0.717, 1.165) is 6.42 Å². The smallest absolute Gasteiger partial charge is 0.0397 e. The Labute approximate surface area is 155 Å². The summed E-state index contributed by atoms with van der Waals surface area (Å²) in [5, 5.41) is 2.78. The second-order valence-electron chi connectivity index (χ2n) is 7.86. The van der Waals surface area contributed by atoms with Gasteiger partial charge in [-0.25, -0.2) is 0 Å². The van der Waals surface area contributed by atoms with Crippen molar-refractivity contribution in [2.45, 2.75) is 38.5 Å². The third-order valence-electron chi connectivity index (χ3n) is 6.23. The van der Waals surface area contributed by atoms with Gasteiger partial charge in [-0.2, -0.15) is 0 Å². The van der Waals surface area contributed by atoms with Crippen LogP contribution in [-0.2, 0) is 5.41 Å². The number of hydrogen-bond donors (Lipinski definition) is 0. The van der Waals surface area contributed by atoms with Gasteiger partial charge >= 0.3 is 0 Å². The van der Waals surface area contributed by atoms with Crippen molar-refractivity contribution in [3.05, 3.63) is 95.1 Å². The molecule has 1 spiro atoms. The fourth-order valence-electron chi connectivity index (χ4n) is 5.01. The van der Waals surface area contributed by atoms with E-state index in [2.05, 4.69) is 86.7 Å². The Kier molecular flexibility index (Phi) is 3.43. The van der Waals surface area contributed by atoms with Crippen molar-refractivity contribution in [1.29, 1.82) is 0 Å². The van der Waals surface area contributed by atoms with Gasteiger partial charge in [0.25, 0.3) is 0 Å². The SMILES string of the molecule is Cc1ccc2c(c1)C1(C=CC=CCCC1)c1cc(C)c3ccccc3c1-2. The summed E-state index contributed by atoms with van der Waals surface area (Å²) in [6.07, 6.45) is 12.8. The summed E-state index contributed by atoms with van der Waals surface area (Å²) in [5.41, 5.74) is 8.62. The van der Waals surface area contributed by atoms with Crippen molar-refractivity contribution in [3.63, 3.8) is 0 Å². The van der Waals surface area contributed by atoms with E-state index in [1.54, 1.807) is 0 Å². The predicted molar refractivity (Wildman–Crippen MR) is 112 cm³/mol. The fraction of sp³-hybridized carbons (Fsp3) is 0.231. The van der Waals surface area contributed by atoms with Crippen molar-refractivity contribution >= 4 is 10.8 Å². The van der Waals surface area contributed by atoms with Gasteiger partial charge in [-0.1, -0.05) is 78.4 Å². The maximum Gasteiger partial charge on any atom is 0.0397 e. The van der Waals surface area contributed by atoms with Crippen LogP contribution in [0.1, 0.15) is 41.5 Å². The molecule has 128 valence electrons. The van der Waals surface area contributed by atoms with Gasteiger partial charge in [0.05, 0.1) is 0 Å². The zero-order chi connectivity index (χ0) is 17.7. The zero-order valence-electron chi connectivity index (χ0n) is 15.5. The molecule has 0 saturated heterocycles. The highest BCUT2D eigenvalue weighted by Crippen LogP contribution is 2.55. The lowest BCUT2D eigenvalue weighted by Crippen LogP contribution is -2.23. The molecule has 0 nitrogen and oxygen atoms in total. The summed E-state index contributed by atoms with van der Waals surface area (Å²) < 4.78 is 0. The Hall–Kier alpha value is -2.60. The average molecular weight is 336 g/mol. The lowest BCUT2D eigenvalue weighted by molar-refractivity contribution is 0.563. The number of benzene rings is 3. The third kappa shape index (κ3) is 2.08. The van der Waals surface area contributed by atoms with Crippen LogP contribution in [0.3, 0.4) is 0 Å². The lowest BCUT2D eigenvalue weighted by Gasteiger charge is -2.30. The molecule has 3 aromatic rings. The van der Waals surface area contributed by atoms with Gasteiger partial charge in [-0.15, -0.1) is 0 Å². The number of fused-ring (bicyclic) bond motifs is 7. The Morgan fingerprint density at radius 2 is 1.69 bits per heavy atom. The molecule has 1 unspecified atom stereocenters. The summed E-state index contributed by atoms with van der Waals surface area (Å²) in [6.45, 7) is 4.48. The molecule has 0 fully saturated rings. The van der Waals surface area contributed by atoms with Crippen LogP contribution in [0.25, 0.3) is 21.9 Å². The average Bonchev–Trinajstić information content (AvgIpc) is 2.88. The van der Waals surface area contributed by atoms with Gasteiger partial charge in [0.2, 0.25) is 0 Å². The van der Waals surface area contributed by atoms with E-state index in [0.29, 0.717) is 0 Å². The van der Waals surface area contributed by atoms with Gasteiger partial charge in [0.15, 0.2) is 0 Å². The van der Waals surface area contributed by atoms with Gasteiger partial charge in [-0.05, 0) is 71.7 Å². The minimum Gasteiger partial charge on any atom is -0.0845 e. The molecule has 0 heterocycles. The second-order valence-corrected chi connectivity index (χ2v) is 7.86. The molecule has 2 aliphatic carbocycles. The Morgan fingerprint density at radius 1 is 0.846 bits per heavy atom. The molecule has 5 rings (SSSR count). The quantitative estimate of drug-likeness (QED) is 0.414. The van der Waals surface area contributed by atoms with Crippen LogP contribution in [0.5, 0.6) is 0 Å². The summed E-state index contributed by atoms with van der Waals surface area (Å²) in [6, 6.07) is 18.4. The van der Waals surface area contributed by atoms with E-state index in [1.165, 1.54) is 57.0 Å². The molecule has 2 aliphatic rings. The highest BCUT2D eigenvalue weighted by Gasteiger charge is 2.41. The lowest BCUT2D eigenvalue weighted by atomic mass is 9.72. The summed E-state index contributed by atoms with van der Waals surface area (Å²) >= 11 is 0. The van der Waals surface area contributed by atoms with Crippen molar-refractivity contribution < 1.29 is 0 Å². The zero-order valence-corrected chi connectivity index (χ0v) is 15.5. The molecule has 0 heteroatoms. The van der Waals surface area contributed by atoms with E-state index in [1.807, 2.05) is 0 Å². The highest BCUT2D eigenvalue weighted by atomic mass is 14.4. The van der Waals surface area contributed by atoms with Gasteiger partial charge < -0.3 is 0 Å². The summed E-state index contributed by atoms with van der Waals surface area (Å²) in [5.74, 6) is 0. The van der Waals surface area contributed by atoms with Crippen LogP contribution in [0.4, 0.5) is 0 Å². The summed E-state index contributed by atoms with van der Waals surface area (Å²) in [4.78, 5) is 0. The van der Waals surface area contributed by atoms with Crippen molar-refractivity contribution in [1.82, 2.24) is 0 Å². The number of allylic oxidation sites excluding steroid dienone is 4. The number of rotatable bonds is 0.